The van der Waals surface area contributed by atoms with E-state index in [0.717, 1.165) is 17.8 Å². The van der Waals surface area contributed by atoms with Crippen LogP contribution in [-0.2, 0) is 15.7 Å². The molecule has 2 amide bonds. The predicted octanol–water partition coefficient (Wildman–Crippen LogP) is 6.71. The van der Waals surface area contributed by atoms with E-state index in [1.807, 2.05) is 0 Å². The Hall–Kier alpha value is -2.46. The molecular weight excluding hydrogens is 545 g/mol. The van der Waals surface area contributed by atoms with Gasteiger partial charge in [-0.25, -0.2) is 4.79 Å². The molecule has 188 valence electrons. The molecule has 0 radical (unpaired) electrons. The Morgan fingerprint density at radius 3 is 2.14 bits per heavy atom. The highest BCUT2D eigenvalue weighted by atomic mass is 79.9. The number of piperazine rings is 1. The van der Waals surface area contributed by atoms with Gasteiger partial charge in [0.2, 0.25) is 0 Å². The Kier molecular flexibility index (Phi) is 8.26. The summed E-state index contributed by atoms with van der Waals surface area (Å²) in [5, 5.41) is 0. The molecule has 1 saturated heterocycles. The van der Waals surface area contributed by atoms with Crippen LogP contribution in [0.25, 0.3) is 5.57 Å². The van der Waals surface area contributed by atoms with Crippen molar-refractivity contribution in [1.82, 2.24) is 9.80 Å². The van der Waals surface area contributed by atoms with Crippen molar-refractivity contribution in [3.63, 3.8) is 0 Å². The molecule has 1 heterocycles. The van der Waals surface area contributed by atoms with Crippen LogP contribution in [0.15, 0.2) is 63.3 Å². The summed E-state index contributed by atoms with van der Waals surface area (Å²) in [6, 6.07) is 10.8. The number of halogens is 4. The summed E-state index contributed by atoms with van der Waals surface area (Å²) >= 11 is 4.35. The highest BCUT2D eigenvalue weighted by Gasteiger charge is 2.35. The van der Waals surface area contributed by atoms with Crippen LogP contribution in [0, 0.1) is 0 Å². The summed E-state index contributed by atoms with van der Waals surface area (Å²) in [5.41, 5.74) is -1.39. The third-order valence-electron chi connectivity index (χ3n) is 5.17. The van der Waals surface area contributed by atoms with Gasteiger partial charge in [0.05, 0.1) is 5.56 Å². The summed E-state index contributed by atoms with van der Waals surface area (Å²) in [6.45, 7) is 10.1. The van der Waals surface area contributed by atoms with Gasteiger partial charge in [0.1, 0.15) is 5.60 Å². The van der Waals surface area contributed by atoms with Crippen molar-refractivity contribution in [2.24, 2.45) is 0 Å². The van der Waals surface area contributed by atoms with Crippen molar-refractivity contribution < 1.29 is 27.5 Å². The largest absolute Gasteiger partial charge is 0.444 e. The normalized spacial score (nSPS) is 14.6. The van der Waals surface area contributed by atoms with Crippen LogP contribution < -0.4 is 0 Å². The highest BCUT2D eigenvalue weighted by molar-refractivity contribution is 9.10. The van der Waals surface area contributed by atoms with Gasteiger partial charge in [-0.1, -0.05) is 36.5 Å². The number of rotatable bonds is 4. The van der Waals surface area contributed by atoms with Gasteiger partial charge >= 0.3 is 12.3 Å². The van der Waals surface area contributed by atoms with E-state index in [9.17, 15) is 22.8 Å². The summed E-state index contributed by atoms with van der Waals surface area (Å²) in [6.07, 6.45) is -5.07. The number of nitrogens with zero attached hydrogens (tertiary/aromatic N) is 2. The van der Waals surface area contributed by atoms with E-state index in [0.29, 0.717) is 9.37 Å². The van der Waals surface area contributed by atoms with Crippen molar-refractivity contribution in [2.45, 2.75) is 42.3 Å². The zero-order valence-electron chi connectivity index (χ0n) is 19.6. The van der Waals surface area contributed by atoms with E-state index < -0.39 is 29.3 Å². The quantitative estimate of drug-likeness (QED) is 0.383. The summed E-state index contributed by atoms with van der Waals surface area (Å²) in [5.74, 6) is -0.465. The van der Waals surface area contributed by atoms with Crippen molar-refractivity contribution >= 4 is 45.3 Å². The molecular formula is C25H26BrF3N2O3S. The molecule has 0 atom stereocenters. The monoisotopic (exact) mass is 570 g/mol. The number of amides is 2. The van der Waals surface area contributed by atoms with E-state index in [1.54, 1.807) is 45.0 Å². The molecule has 2 aromatic carbocycles. The van der Waals surface area contributed by atoms with Crippen LogP contribution in [0.4, 0.5) is 18.0 Å². The average molecular weight is 571 g/mol. The van der Waals surface area contributed by atoms with Gasteiger partial charge in [-0.3, -0.25) is 4.79 Å². The zero-order valence-corrected chi connectivity index (χ0v) is 22.0. The maximum atomic E-state index is 13.9. The Bertz CT molecular complexity index is 1120. The fourth-order valence-corrected chi connectivity index (χ4v) is 4.90. The molecule has 3 rings (SSSR count). The minimum absolute atomic E-state index is 0.0272. The second-order valence-electron chi connectivity index (χ2n) is 8.98. The fraction of sp³-hybridized carbons (Fsp3) is 0.360. The summed E-state index contributed by atoms with van der Waals surface area (Å²) in [7, 11) is 0. The van der Waals surface area contributed by atoms with Crippen molar-refractivity contribution in [3.05, 3.63) is 64.6 Å². The third kappa shape index (κ3) is 7.04. The van der Waals surface area contributed by atoms with Gasteiger partial charge < -0.3 is 14.5 Å². The SMILES string of the molecule is C=C(C(=O)N1CCN(C(=O)OC(C)(C)C)CC1)c1ccc(Sc2ccccc2Br)c(C(F)(F)F)c1. The van der Waals surface area contributed by atoms with E-state index in [4.69, 9.17) is 4.74 Å². The second-order valence-corrected chi connectivity index (χ2v) is 10.9. The number of benzene rings is 2. The Morgan fingerprint density at radius 1 is 0.971 bits per heavy atom. The number of hydrogen-bond acceptors (Lipinski definition) is 4. The van der Waals surface area contributed by atoms with Gasteiger partial charge in [-0.05, 0) is 66.5 Å². The maximum Gasteiger partial charge on any atom is 0.417 e. The fourth-order valence-electron chi connectivity index (χ4n) is 3.41. The van der Waals surface area contributed by atoms with Crippen molar-refractivity contribution in [1.29, 1.82) is 0 Å². The molecule has 0 N–H and O–H groups in total. The van der Waals surface area contributed by atoms with Crippen LogP contribution in [0.1, 0.15) is 31.9 Å². The first kappa shape index (κ1) is 27.1. The Morgan fingerprint density at radius 2 is 1.57 bits per heavy atom. The molecule has 0 aliphatic carbocycles. The van der Waals surface area contributed by atoms with Crippen LogP contribution in [-0.4, -0.2) is 53.6 Å². The summed E-state index contributed by atoms with van der Waals surface area (Å²) in [4.78, 5) is 28.9. The molecule has 0 bridgehead atoms. The Labute approximate surface area is 215 Å². The maximum absolute atomic E-state index is 13.9. The van der Waals surface area contributed by atoms with Crippen LogP contribution in [0.5, 0.6) is 0 Å². The third-order valence-corrected chi connectivity index (χ3v) is 7.27. The topological polar surface area (TPSA) is 49.9 Å². The van der Waals surface area contributed by atoms with Crippen LogP contribution >= 0.6 is 27.7 Å². The molecule has 0 spiro atoms. The smallest absolute Gasteiger partial charge is 0.417 e. The molecule has 0 unspecified atom stereocenters. The molecule has 0 saturated carbocycles. The molecule has 0 aromatic heterocycles. The minimum atomic E-state index is -4.61. The standard InChI is InChI=1S/C25H26BrF3N2O3S/c1-16(22(32)30-11-13-31(14-12-30)23(33)34-24(2,3)4)17-9-10-20(18(15-17)25(27,28)29)35-21-8-6-5-7-19(21)26/h5-10,15H,1,11-14H2,2-4H3. The average Bonchev–Trinajstić information content (AvgIpc) is 2.78. The lowest BCUT2D eigenvalue weighted by Crippen LogP contribution is -2.51. The number of ether oxygens (including phenoxy) is 1. The number of carbonyl (C=O) groups excluding carboxylic acids is 2. The van der Waals surface area contributed by atoms with Gasteiger partial charge in [0.15, 0.2) is 0 Å². The van der Waals surface area contributed by atoms with Gasteiger partial charge in [-0.15, -0.1) is 0 Å². The van der Waals surface area contributed by atoms with Crippen molar-refractivity contribution in [3.8, 4) is 0 Å². The highest BCUT2D eigenvalue weighted by Crippen LogP contribution is 2.42. The molecule has 10 heteroatoms. The van der Waals surface area contributed by atoms with E-state index in [2.05, 4.69) is 22.5 Å². The summed E-state index contributed by atoms with van der Waals surface area (Å²) < 4.78 is 47.7. The number of alkyl halides is 3. The number of carbonyl (C=O) groups is 2. The lowest BCUT2D eigenvalue weighted by atomic mass is 10.0. The lowest BCUT2D eigenvalue weighted by molar-refractivity contribution is -0.139. The zero-order chi connectivity index (χ0) is 26.0. The van der Waals surface area contributed by atoms with Crippen LogP contribution in [0.2, 0.25) is 0 Å². The number of hydrogen-bond donors (Lipinski definition) is 0. The first-order chi connectivity index (χ1) is 16.3. The molecule has 5 nitrogen and oxygen atoms in total. The first-order valence-electron chi connectivity index (χ1n) is 10.9. The molecule has 1 aliphatic rings. The molecule has 1 aliphatic heterocycles. The Balaban J connectivity index is 1.74. The van der Waals surface area contributed by atoms with Gasteiger partial charge in [0, 0.05) is 46.0 Å². The van der Waals surface area contributed by atoms with E-state index >= 15 is 0 Å². The van der Waals surface area contributed by atoms with E-state index in [1.165, 1.54) is 21.9 Å². The lowest BCUT2D eigenvalue weighted by Gasteiger charge is -2.36. The van der Waals surface area contributed by atoms with Gasteiger partial charge in [0.25, 0.3) is 5.91 Å². The van der Waals surface area contributed by atoms with Crippen LogP contribution in [0.3, 0.4) is 0 Å². The second kappa shape index (κ2) is 10.7. The molecule has 2 aromatic rings. The predicted molar refractivity (Wildman–Crippen MR) is 133 cm³/mol. The minimum Gasteiger partial charge on any atom is -0.444 e. The molecule has 1 fully saturated rings. The van der Waals surface area contributed by atoms with Gasteiger partial charge in [-0.2, -0.15) is 13.2 Å². The molecule has 35 heavy (non-hydrogen) atoms. The first-order valence-corrected chi connectivity index (χ1v) is 12.5. The van der Waals surface area contributed by atoms with Crippen molar-refractivity contribution in [2.75, 3.05) is 26.2 Å². The van der Waals surface area contributed by atoms with E-state index in [-0.39, 0.29) is 42.2 Å².